The summed E-state index contributed by atoms with van der Waals surface area (Å²) in [4.78, 5) is 11.3. The molecule has 0 saturated heterocycles. The van der Waals surface area contributed by atoms with Crippen LogP contribution in [-0.4, -0.2) is 22.2 Å². The molecule has 3 rings (SSSR count). The third kappa shape index (κ3) is 1.87. The Labute approximate surface area is 107 Å². The highest BCUT2D eigenvalue weighted by Crippen LogP contribution is 2.38. The quantitative estimate of drug-likeness (QED) is 0.839. The lowest BCUT2D eigenvalue weighted by atomic mass is 9.82. The zero-order valence-corrected chi connectivity index (χ0v) is 10.6. The lowest BCUT2D eigenvalue weighted by Crippen LogP contribution is -2.31. The van der Waals surface area contributed by atoms with Crippen molar-refractivity contribution in [1.82, 2.24) is 9.78 Å². The van der Waals surface area contributed by atoms with Gasteiger partial charge in [-0.1, -0.05) is 19.3 Å². The van der Waals surface area contributed by atoms with E-state index >= 15 is 0 Å². The molecule has 1 fully saturated rings. The zero-order valence-electron chi connectivity index (χ0n) is 10.6. The van der Waals surface area contributed by atoms with Gasteiger partial charge in [0.1, 0.15) is 11.4 Å². The molecule has 18 heavy (non-hydrogen) atoms. The predicted octanol–water partition coefficient (Wildman–Crippen LogP) is 1.92. The van der Waals surface area contributed by atoms with Gasteiger partial charge in [-0.3, -0.25) is 4.79 Å². The van der Waals surface area contributed by atoms with E-state index in [0.717, 1.165) is 18.8 Å². The fourth-order valence-corrected chi connectivity index (χ4v) is 3.39. The molecule has 0 bridgehead atoms. The molecule has 2 heterocycles. The first-order valence-corrected chi connectivity index (χ1v) is 6.88. The van der Waals surface area contributed by atoms with E-state index in [1.807, 2.05) is 4.68 Å². The Morgan fingerprint density at radius 1 is 1.33 bits per heavy atom. The Balaban J connectivity index is 1.89. The van der Waals surface area contributed by atoms with E-state index in [4.69, 9.17) is 5.73 Å². The van der Waals surface area contributed by atoms with Crippen molar-refractivity contribution in [3.8, 4) is 0 Å². The highest BCUT2D eigenvalue weighted by molar-refractivity contribution is 5.97. The Hall–Kier alpha value is -1.52. The van der Waals surface area contributed by atoms with Crippen LogP contribution in [0.2, 0.25) is 0 Å². The Bertz CT molecular complexity index is 448. The number of carbonyl (C=O) groups excluding carboxylic acids is 1. The Morgan fingerprint density at radius 3 is 2.83 bits per heavy atom. The number of carbonyl (C=O) groups is 1. The summed E-state index contributed by atoms with van der Waals surface area (Å²) in [6.45, 7) is 0.910. The van der Waals surface area contributed by atoms with Gasteiger partial charge in [0.25, 0.3) is 5.91 Å². The van der Waals surface area contributed by atoms with E-state index in [2.05, 4.69) is 10.4 Å². The minimum atomic E-state index is -0.395. The van der Waals surface area contributed by atoms with Crippen molar-refractivity contribution in [3.05, 3.63) is 11.8 Å². The minimum Gasteiger partial charge on any atom is -0.370 e. The summed E-state index contributed by atoms with van der Waals surface area (Å²) in [5, 5.41) is 7.65. The van der Waals surface area contributed by atoms with Crippen LogP contribution in [-0.2, 0) is 0 Å². The van der Waals surface area contributed by atoms with Crippen molar-refractivity contribution in [2.75, 3.05) is 11.9 Å². The van der Waals surface area contributed by atoms with E-state index in [-0.39, 0.29) is 0 Å². The summed E-state index contributed by atoms with van der Waals surface area (Å²) in [6, 6.07) is 0.439. The molecular formula is C13H20N4O. The Kier molecular flexibility index (Phi) is 2.97. The molecule has 5 heteroatoms. The van der Waals surface area contributed by atoms with Crippen molar-refractivity contribution in [1.29, 1.82) is 0 Å². The van der Waals surface area contributed by atoms with Crippen LogP contribution < -0.4 is 11.1 Å². The van der Waals surface area contributed by atoms with Crippen LogP contribution in [0, 0.1) is 5.92 Å². The molecule has 1 amide bonds. The number of hydrogen-bond donors (Lipinski definition) is 2. The lowest BCUT2D eigenvalue weighted by molar-refractivity contribution is 0.100. The lowest BCUT2D eigenvalue weighted by Gasteiger charge is -2.34. The highest BCUT2D eigenvalue weighted by Gasteiger charge is 2.31. The van der Waals surface area contributed by atoms with E-state index in [0.29, 0.717) is 17.5 Å². The van der Waals surface area contributed by atoms with E-state index in [1.165, 1.54) is 32.1 Å². The predicted molar refractivity (Wildman–Crippen MR) is 69.5 cm³/mol. The molecule has 1 aliphatic heterocycles. The third-order valence-electron chi connectivity index (χ3n) is 4.30. The van der Waals surface area contributed by atoms with E-state index in [1.54, 1.807) is 6.20 Å². The van der Waals surface area contributed by atoms with Gasteiger partial charge in [0.05, 0.1) is 12.2 Å². The summed E-state index contributed by atoms with van der Waals surface area (Å²) in [7, 11) is 0. The molecule has 1 unspecified atom stereocenters. The van der Waals surface area contributed by atoms with Gasteiger partial charge in [0, 0.05) is 6.54 Å². The van der Waals surface area contributed by atoms with Crippen LogP contribution in [0.4, 0.5) is 5.82 Å². The number of primary amides is 1. The molecule has 2 aliphatic rings. The zero-order chi connectivity index (χ0) is 12.5. The molecule has 98 valence electrons. The number of rotatable bonds is 2. The normalized spacial score (nSPS) is 24.3. The van der Waals surface area contributed by atoms with Gasteiger partial charge >= 0.3 is 0 Å². The number of nitrogens with one attached hydrogen (secondary N) is 1. The van der Waals surface area contributed by atoms with Crippen molar-refractivity contribution in [3.63, 3.8) is 0 Å². The summed E-state index contributed by atoms with van der Waals surface area (Å²) < 4.78 is 2.00. The first-order valence-electron chi connectivity index (χ1n) is 6.88. The molecule has 0 spiro atoms. The maximum atomic E-state index is 11.3. The smallest absolute Gasteiger partial charge is 0.254 e. The van der Waals surface area contributed by atoms with Crippen LogP contribution in [0.3, 0.4) is 0 Å². The second kappa shape index (κ2) is 4.63. The van der Waals surface area contributed by atoms with Gasteiger partial charge in [-0.05, 0) is 25.2 Å². The third-order valence-corrected chi connectivity index (χ3v) is 4.30. The molecule has 0 radical (unpaired) electrons. The summed E-state index contributed by atoms with van der Waals surface area (Å²) in [5.41, 5.74) is 5.90. The first kappa shape index (κ1) is 11.6. The molecular weight excluding hydrogens is 228 g/mol. The van der Waals surface area contributed by atoms with Crippen LogP contribution in [0.25, 0.3) is 0 Å². The number of nitrogens with two attached hydrogens (primary N) is 1. The summed E-state index contributed by atoms with van der Waals surface area (Å²) >= 11 is 0. The van der Waals surface area contributed by atoms with Crippen LogP contribution >= 0.6 is 0 Å². The SMILES string of the molecule is NC(=O)c1cnn2c1NCCC2C1CCCCC1. The van der Waals surface area contributed by atoms with Crippen molar-refractivity contribution >= 4 is 11.7 Å². The van der Waals surface area contributed by atoms with Gasteiger partial charge in [-0.2, -0.15) is 5.10 Å². The van der Waals surface area contributed by atoms with Gasteiger partial charge < -0.3 is 11.1 Å². The Morgan fingerprint density at radius 2 is 2.11 bits per heavy atom. The molecule has 5 nitrogen and oxygen atoms in total. The van der Waals surface area contributed by atoms with Gasteiger partial charge in [0.15, 0.2) is 0 Å². The van der Waals surface area contributed by atoms with Crippen LogP contribution in [0.5, 0.6) is 0 Å². The number of nitrogens with zero attached hydrogens (tertiary/aromatic N) is 2. The number of fused-ring (bicyclic) bond motifs is 1. The topological polar surface area (TPSA) is 72.9 Å². The van der Waals surface area contributed by atoms with E-state index in [9.17, 15) is 4.79 Å². The summed E-state index contributed by atoms with van der Waals surface area (Å²) in [5.74, 6) is 1.14. The fraction of sp³-hybridized carbons (Fsp3) is 0.692. The van der Waals surface area contributed by atoms with Gasteiger partial charge in [-0.15, -0.1) is 0 Å². The van der Waals surface area contributed by atoms with Crippen LogP contribution in [0.15, 0.2) is 6.20 Å². The summed E-state index contributed by atoms with van der Waals surface area (Å²) in [6.07, 6.45) is 9.29. The second-order valence-corrected chi connectivity index (χ2v) is 5.40. The van der Waals surface area contributed by atoms with Crippen molar-refractivity contribution in [2.24, 2.45) is 11.7 Å². The maximum Gasteiger partial charge on any atom is 0.254 e. The number of amides is 1. The average Bonchev–Trinajstić information content (AvgIpc) is 2.83. The van der Waals surface area contributed by atoms with Crippen molar-refractivity contribution in [2.45, 2.75) is 44.6 Å². The van der Waals surface area contributed by atoms with Crippen LogP contribution in [0.1, 0.15) is 54.9 Å². The van der Waals surface area contributed by atoms with Gasteiger partial charge in [0.2, 0.25) is 0 Å². The van der Waals surface area contributed by atoms with Gasteiger partial charge in [-0.25, -0.2) is 4.68 Å². The number of hydrogen-bond acceptors (Lipinski definition) is 3. The van der Waals surface area contributed by atoms with Crippen molar-refractivity contribution < 1.29 is 4.79 Å². The average molecular weight is 248 g/mol. The second-order valence-electron chi connectivity index (χ2n) is 5.40. The number of aromatic nitrogens is 2. The highest BCUT2D eigenvalue weighted by atomic mass is 16.1. The molecule has 1 aromatic rings. The monoisotopic (exact) mass is 248 g/mol. The molecule has 1 aliphatic carbocycles. The van der Waals surface area contributed by atoms with E-state index < -0.39 is 5.91 Å². The fourth-order valence-electron chi connectivity index (χ4n) is 3.39. The number of anilines is 1. The minimum absolute atomic E-state index is 0.395. The molecule has 1 atom stereocenters. The largest absolute Gasteiger partial charge is 0.370 e. The molecule has 1 saturated carbocycles. The maximum absolute atomic E-state index is 11.3. The first-order chi connectivity index (χ1) is 8.77. The molecule has 0 aromatic carbocycles. The molecule has 1 aromatic heterocycles. The standard InChI is InChI=1S/C13H20N4O/c14-12(18)10-8-16-17-11(6-7-15-13(10)17)9-4-2-1-3-5-9/h8-9,11,15H,1-7H2,(H2,14,18). The molecule has 3 N–H and O–H groups in total.